The summed E-state index contributed by atoms with van der Waals surface area (Å²) in [7, 11) is 0. The molecule has 0 saturated heterocycles. The summed E-state index contributed by atoms with van der Waals surface area (Å²) in [6.45, 7) is 7.39. The molecule has 1 aromatic rings. The zero-order chi connectivity index (χ0) is 9.03. The molecular formula is C9H15N3. The van der Waals surface area contributed by atoms with Crippen LogP contribution in [0.5, 0.6) is 0 Å². The van der Waals surface area contributed by atoms with Crippen LogP contribution in [0.1, 0.15) is 20.8 Å². The van der Waals surface area contributed by atoms with E-state index in [2.05, 4.69) is 36.1 Å². The lowest BCUT2D eigenvalue weighted by atomic mass is 9.97. The summed E-state index contributed by atoms with van der Waals surface area (Å²) in [5, 5.41) is 3.16. The van der Waals surface area contributed by atoms with E-state index in [4.69, 9.17) is 0 Å². The molecule has 0 bridgehead atoms. The molecule has 0 aliphatic carbocycles. The van der Waals surface area contributed by atoms with Gasteiger partial charge in [0.25, 0.3) is 0 Å². The Balaban J connectivity index is 2.44. The van der Waals surface area contributed by atoms with Crippen molar-refractivity contribution in [2.75, 3.05) is 11.9 Å². The number of hydrogen-bond donors (Lipinski definition) is 1. The van der Waals surface area contributed by atoms with E-state index in [0.29, 0.717) is 5.95 Å². The number of rotatable bonds is 2. The Kier molecular flexibility index (Phi) is 2.63. The molecule has 66 valence electrons. The number of nitrogens with zero attached hydrogens (tertiary/aromatic N) is 2. The van der Waals surface area contributed by atoms with Crippen LogP contribution in [-0.4, -0.2) is 16.5 Å². The maximum absolute atomic E-state index is 4.06. The smallest absolute Gasteiger partial charge is 0.222 e. The highest BCUT2D eigenvalue weighted by molar-refractivity contribution is 5.22. The molecule has 0 saturated carbocycles. The fraction of sp³-hybridized carbons (Fsp3) is 0.556. The van der Waals surface area contributed by atoms with E-state index >= 15 is 0 Å². The molecule has 3 heteroatoms. The van der Waals surface area contributed by atoms with Crippen LogP contribution in [0, 0.1) is 5.41 Å². The van der Waals surface area contributed by atoms with Crippen LogP contribution >= 0.6 is 0 Å². The molecule has 0 unspecified atom stereocenters. The summed E-state index contributed by atoms with van der Waals surface area (Å²) in [5.41, 5.74) is 0.263. The van der Waals surface area contributed by atoms with Gasteiger partial charge in [0.15, 0.2) is 0 Å². The van der Waals surface area contributed by atoms with Crippen LogP contribution in [0.3, 0.4) is 0 Å². The normalized spacial score (nSPS) is 11.2. The first kappa shape index (κ1) is 8.97. The Labute approximate surface area is 73.2 Å². The maximum atomic E-state index is 4.06. The third kappa shape index (κ3) is 3.32. The van der Waals surface area contributed by atoms with Crippen molar-refractivity contribution in [2.24, 2.45) is 5.41 Å². The minimum Gasteiger partial charge on any atom is -0.354 e. The number of nitrogens with one attached hydrogen (secondary N) is 1. The van der Waals surface area contributed by atoms with Gasteiger partial charge in [-0.15, -0.1) is 0 Å². The van der Waals surface area contributed by atoms with Crippen LogP contribution in [0.15, 0.2) is 18.5 Å². The van der Waals surface area contributed by atoms with Gasteiger partial charge in [0.05, 0.1) is 0 Å². The Bertz CT molecular complexity index is 225. The summed E-state index contributed by atoms with van der Waals surface area (Å²) in [4.78, 5) is 8.12. The number of hydrogen-bond acceptors (Lipinski definition) is 3. The quantitative estimate of drug-likeness (QED) is 0.727. The molecule has 12 heavy (non-hydrogen) atoms. The van der Waals surface area contributed by atoms with Crippen LogP contribution in [0.4, 0.5) is 5.95 Å². The van der Waals surface area contributed by atoms with Gasteiger partial charge in [-0.1, -0.05) is 20.8 Å². The van der Waals surface area contributed by atoms with E-state index in [0.717, 1.165) is 6.54 Å². The average Bonchev–Trinajstić information content (AvgIpc) is 2.02. The molecule has 3 nitrogen and oxygen atoms in total. The third-order valence-electron chi connectivity index (χ3n) is 1.34. The molecular weight excluding hydrogens is 150 g/mol. The molecule has 1 N–H and O–H groups in total. The summed E-state index contributed by atoms with van der Waals surface area (Å²) >= 11 is 0. The minimum absolute atomic E-state index is 0.263. The molecule has 0 aromatic carbocycles. The Hall–Kier alpha value is -1.12. The lowest BCUT2D eigenvalue weighted by Gasteiger charge is -2.18. The number of anilines is 1. The highest BCUT2D eigenvalue weighted by Crippen LogP contribution is 2.12. The predicted molar refractivity (Wildman–Crippen MR) is 50.0 cm³/mol. The third-order valence-corrected chi connectivity index (χ3v) is 1.34. The number of aromatic nitrogens is 2. The average molecular weight is 165 g/mol. The summed E-state index contributed by atoms with van der Waals surface area (Å²) in [6.07, 6.45) is 3.47. The van der Waals surface area contributed by atoms with E-state index in [1.807, 2.05) is 6.07 Å². The van der Waals surface area contributed by atoms with Gasteiger partial charge in [-0.25, -0.2) is 9.97 Å². The van der Waals surface area contributed by atoms with Gasteiger partial charge >= 0.3 is 0 Å². The van der Waals surface area contributed by atoms with Crippen LogP contribution in [0.25, 0.3) is 0 Å². The molecule has 1 heterocycles. The van der Waals surface area contributed by atoms with Gasteiger partial charge < -0.3 is 5.32 Å². The van der Waals surface area contributed by atoms with E-state index in [9.17, 15) is 0 Å². The van der Waals surface area contributed by atoms with E-state index in [1.54, 1.807) is 12.4 Å². The fourth-order valence-corrected chi connectivity index (χ4v) is 0.735. The van der Waals surface area contributed by atoms with Crippen molar-refractivity contribution in [3.8, 4) is 0 Å². The predicted octanol–water partition coefficient (Wildman–Crippen LogP) is 1.93. The van der Waals surface area contributed by atoms with E-state index in [1.165, 1.54) is 0 Å². The molecule has 0 spiro atoms. The van der Waals surface area contributed by atoms with Crippen molar-refractivity contribution in [3.63, 3.8) is 0 Å². The second kappa shape index (κ2) is 3.52. The van der Waals surface area contributed by atoms with E-state index < -0.39 is 0 Å². The molecule has 0 fully saturated rings. The Morgan fingerprint density at radius 3 is 2.33 bits per heavy atom. The molecule has 0 aliphatic rings. The zero-order valence-electron chi connectivity index (χ0n) is 7.83. The van der Waals surface area contributed by atoms with Crippen molar-refractivity contribution >= 4 is 5.95 Å². The SMILES string of the molecule is CC(C)(C)CNc1ncccn1. The van der Waals surface area contributed by atoms with Crippen molar-refractivity contribution < 1.29 is 0 Å². The summed E-state index contributed by atoms with van der Waals surface area (Å²) < 4.78 is 0. The molecule has 0 aliphatic heterocycles. The van der Waals surface area contributed by atoms with Gasteiger partial charge in [0.2, 0.25) is 5.95 Å². The first-order valence-electron chi connectivity index (χ1n) is 4.09. The second-order valence-corrected chi connectivity index (χ2v) is 3.99. The molecule has 1 rings (SSSR count). The van der Waals surface area contributed by atoms with Crippen molar-refractivity contribution in [1.82, 2.24) is 9.97 Å². The Morgan fingerprint density at radius 2 is 1.83 bits per heavy atom. The topological polar surface area (TPSA) is 37.8 Å². The first-order chi connectivity index (χ1) is 5.58. The van der Waals surface area contributed by atoms with Gasteiger partial charge in [0.1, 0.15) is 0 Å². The monoisotopic (exact) mass is 165 g/mol. The maximum Gasteiger partial charge on any atom is 0.222 e. The molecule has 0 amide bonds. The van der Waals surface area contributed by atoms with Crippen LogP contribution in [-0.2, 0) is 0 Å². The van der Waals surface area contributed by atoms with Gasteiger partial charge in [0, 0.05) is 18.9 Å². The summed E-state index contributed by atoms with van der Waals surface area (Å²) in [5.74, 6) is 0.701. The summed E-state index contributed by atoms with van der Waals surface area (Å²) in [6, 6.07) is 1.81. The minimum atomic E-state index is 0.263. The van der Waals surface area contributed by atoms with Gasteiger partial charge in [-0.2, -0.15) is 0 Å². The van der Waals surface area contributed by atoms with Crippen molar-refractivity contribution in [1.29, 1.82) is 0 Å². The van der Waals surface area contributed by atoms with Crippen molar-refractivity contribution in [3.05, 3.63) is 18.5 Å². The molecule has 0 radical (unpaired) electrons. The zero-order valence-corrected chi connectivity index (χ0v) is 7.83. The lowest BCUT2D eigenvalue weighted by Crippen LogP contribution is -2.20. The van der Waals surface area contributed by atoms with Crippen molar-refractivity contribution in [2.45, 2.75) is 20.8 Å². The molecule has 0 atom stereocenters. The highest BCUT2D eigenvalue weighted by atomic mass is 15.1. The van der Waals surface area contributed by atoms with Gasteiger partial charge in [-0.05, 0) is 11.5 Å². The van der Waals surface area contributed by atoms with E-state index in [-0.39, 0.29) is 5.41 Å². The van der Waals surface area contributed by atoms with Crippen LogP contribution in [0.2, 0.25) is 0 Å². The second-order valence-electron chi connectivity index (χ2n) is 3.99. The fourth-order valence-electron chi connectivity index (χ4n) is 0.735. The van der Waals surface area contributed by atoms with Crippen LogP contribution < -0.4 is 5.32 Å². The highest BCUT2D eigenvalue weighted by Gasteiger charge is 2.09. The first-order valence-corrected chi connectivity index (χ1v) is 4.09. The standard InChI is InChI=1S/C9H15N3/c1-9(2,3)7-12-8-10-5-4-6-11-8/h4-6H,7H2,1-3H3,(H,10,11,12). The lowest BCUT2D eigenvalue weighted by molar-refractivity contribution is 0.442. The molecule has 1 aromatic heterocycles. The largest absolute Gasteiger partial charge is 0.354 e. The Morgan fingerprint density at radius 1 is 1.25 bits per heavy atom. The van der Waals surface area contributed by atoms with Gasteiger partial charge in [-0.3, -0.25) is 0 Å².